The molecule has 0 aromatic heterocycles. The van der Waals surface area contributed by atoms with Gasteiger partial charge < -0.3 is 4.18 Å². The van der Waals surface area contributed by atoms with Crippen molar-refractivity contribution in [3.05, 3.63) is 29.3 Å². The van der Waals surface area contributed by atoms with E-state index in [4.69, 9.17) is 11.6 Å². The Morgan fingerprint density at radius 1 is 1.36 bits per heavy atom. The van der Waals surface area contributed by atoms with E-state index in [0.29, 0.717) is 10.8 Å². The van der Waals surface area contributed by atoms with Crippen molar-refractivity contribution in [1.29, 1.82) is 0 Å². The predicted octanol–water partition coefficient (Wildman–Crippen LogP) is 0.931. The summed E-state index contributed by atoms with van der Waals surface area (Å²) in [6.07, 6.45) is 0. The SMILES string of the molecule is O=[SH]Oc1ccccc1Cl.[NaH]. The number of hydrogen-bond donors (Lipinski definition) is 1. The predicted molar refractivity (Wildman–Crippen MR) is 48.8 cm³/mol. The summed E-state index contributed by atoms with van der Waals surface area (Å²) in [5, 5.41) is 0.464. The molecule has 0 unspecified atom stereocenters. The molecule has 0 aliphatic rings. The van der Waals surface area contributed by atoms with Gasteiger partial charge in [-0.1, -0.05) is 23.7 Å². The molecular weight excluding hydrogens is 195 g/mol. The van der Waals surface area contributed by atoms with E-state index in [1.165, 1.54) is 0 Å². The maximum absolute atomic E-state index is 9.94. The molecule has 0 saturated heterocycles. The van der Waals surface area contributed by atoms with Crippen molar-refractivity contribution in [2.24, 2.45) is 0 Å². The third-order valence-electron chi connectivity index (χ3n) is 0.972. The number of halogens is 1. The minimum absolute atomic E-state index is 0. The number of benzene rings is 1. The van der Waals surface area contributed by atoms with E-state index in [0.717, 1.165) is 0 Å². The molecule has 1 rings (SSSR count). The van der Waals surface area contributed by atoms with Crippen LogP contribution < -0.4 is 4.18 Å². The third-order valence-corrected chi connectivity index (χ3v) is 1.56. The molecule has 0 heterocycles. The molecule has 0 spiro atoms. The summed E-state index contributed by atoms with van der Waals surface area (Å²) in [6.45, 7) is 0. The van der Waals surface area contributed by atoms with E-state index in [1.807, 2.05) is 0 Å². The summed E-state index contributed by atoms with van der Waals surface area (Å²) in [6, 6.07) is 6.85. The molecule has 0 N–H and O–H groups in total. The van der Waals surface area contributed by atoms with Crippen LogP contribution in [0.4, 0.5) is 0 Å². The summed E-state index contributed by atoms with van der Waals surface area (Å²) >= 11 is 5.25. The first-order valence-electron chi connectivity index (χ1n) is 2.59. The number of thiol groups is 1. The molecule has 1 aromatic carbocycles. The summed E-state index contributed by atoms with van der Waals surface area (Å²) in [4.78, 5) is 0. The Balaban J connectivity index is 0.000001000. The molecular formula is C6H6ClNaO2S. The van der Waals surface area contributed by atoms with Gasteiger partial charge >= 0.3 is 29.6 Å². The molecule has 0 fully saturated rings. The Kier molecular flexibility index (Phi) is 6.28. The van der Waals surface area contributed by atoms with Crippen molar-refractivity contribution in [1.82, 2.24) is 0 Å². The second-order valence-electron chi connectivity index (χ2n) is 1.60. The summed E-state index contributed by atoms with van der Waals surface area (Å²) in [7, 11) is 0. The quantitative estimate of drug-likeness (QED) is 0.568. The topological polar surface area (TPSA) is 26.3 Å². The first-order chi connectivity index (χ1) is 4.84. The molecule has 0 saturated carbocycles. The molecule has 0 radical (unpaired) electrons. The average molecular weight is 201 g/mol. The number of para-hydroxylation sites is 1. The Morgan fingerprint density at radius 3 is 2.55 bits per heavy atom. The van der Waals surface area contributed by atoms with Gasteiger partial charge in [-0.2, -0.15) is 0 Å². The van der Waals surface area contributed by atoms with Crippen LogP contribution in [0.15, 0.2) is 24.3 Å². The summed E-state index contributed by atoms with van der Waals surface area (Å²) in [5.74, 6) is 0.431. The van der Waals surface area contributed by atoms with Crippen molar-refractivity contribution < 1.29 is 8.39 Å². The Hall–Kier alpha value is 0.460. The van der Waals surface area contributed by atoms with Crippen molar-refractivity contribution in [3.8, 4) is 5.75 Å². The van der Waals surface area contributed by atoms with E-state index in [9.17, 15) is 4.21 Å². The summed E-state index contributed by atoms with van der Waals surface area (Å²) in [5.41, 5.74) is 0. The van der Waals surface area contributed by atoms with Gasteiger partial charge in [0, 0.05) is 0 Å². The van der Waals surface area contributed by atoms with Crippen LogP contribution in [-0.2, 0) is 11.9 Å². The van der Waals surface area contributed by atoms with Crippen LogP contribution >= 0.6 is 11.6 Å². The van der Waals surface area contributed by atoms with Crippen LogP contribution in [0.5, 0.6) is 5.75 Å². The van der Waals surface area contributed by atoms with Crippen LogP contribution in [0, 0.1) is 0 Å². The van der Waals surface area contributed by atoms with E-state index in [-0.39, 0.29) is 41.5 Å². The van der Waals surface area contributed by atoms with E-state index in [2.05, 4.69) is 4.18 Å². The van der Waals surface area contributed by atoms with Gasteiger partial charge in [0.2, 0.25) is 0 Å². The fraction of sp³-hybridized carbons (Fsp3) is 0. The second-order valence-corrected chi connectivity index (χ2v) is 2.34. The number of rotatable bonds is 2. The molecule has 2 nitrogen and oxygen atoms in total. The second kappa shape index (κ2) is 6.03. The molecule has 11 heavy (non-hydrogen) atoms. The van der Waals surface area contributed by atoms with Crippen molar-refractivity contribution in [3.63, 3.8) is 0 Å². The Morgan fingerprint density at radius 2 is 2.00 bits per heavy atom. The van der Waals surface area contributed by atoms with Gasteiger partial charge in [-0.25, -0.2) is 4.21 Å². The zero-order valence-corrected chi connectivity index (χ0v) is 6.60. The first-order valence-corrected chi connectivity index (χ1v) is 3.69. The van der Waals surface area contributed by atoms with Crippen molar-refractivity contribution >= 4 is 53.1 Å². The minimum atomic E-state index is -0.384. The van der Waals surface area contributed by atoms with Gasteiger partial charge in [-0.15, -0.1) is 0 Å². The van der Waals surface area contributed by atoms with Gasteiger partial charge in [0.15, 0.2) is 17.7 Å². The third kappa shape index (κ3) is 3.58. The molecule has 0 atom stereocenters. The fourth-order valence-corrected chi connectivity index (χ4v) is 1.03. The zero-order chi connectivity index (χ0) is 7.40. The monoisotopic (exact) mass is 200 g/mol. The van der Waals surface area contributed by atoms with Crippen LogP contribution in [0.3, 0.4) is 0 Å². The molecule has 1 aromatic rings. The normalized spacial score (nSPS) is 8.45. The molecule has 0 aliphatic carbocycles. The molecule has 0 amide bonds. The number of hydrogen-bond acceptors (Lipinski definition) is 2. The van der Waals surface area contributed by atoms with Gasteiger partial charge in [0.25, 0.3) is 0 Å². The fourth-order valence-electron chi connectivity index (χ4n) is 0.559. The van der Waals surface area contributed by atoms with Crippen LogP contribution in [0.2, 0.25) is 5.02 Å². The standard InChI is InChI=1S/C6H5ClO2S.Na.H/c7-5-3-1-2-4-6(5)9-10-8;;/h1-4,10H;;. The molecule has 56 valence electrons. The van der Waals surface area contributed by atoms with E-state index >= 15 is 0 Å². The maximum atomic E-state index is 9.94. The van der Waals surface area contributed by atoms with Gasteiger partial charge in [-0.05, 0) is 12.1 Å². The molecule has 0 aliphatic heterocycles. The molecule has 0 bridgehead atoms. The van der Waals surface area contributed by atoms with Crippen LogP contribution in [0.25, 0.3) is 0 Å². The van der Waals surface area contributed by atoms with Crippen molar-refractivity contribution in [2.75, 3.05) is 0 Å². The van der Waals surface area contributed by atoms with Crippen LogP contribution in [-0.4, -0.2) is 33.8 Å². The van der Waals surface area contributed by atoms with Gasteiger partial charge in [0.05, 0.1) is 5.02 Å². The first kappa shape index (κ1) is 11.5. The molecule has 5 heteroatoms. The van der Waals surface area contributed by atoms with Crippen molar-refractivity contribution in [2.45, 2.75) is 0 Å². The van der Waals surface area contributed by atoms with Crippen LogP contribution in [0.1, 0.15) is 0 Å². The van der Waals surface area contributed by atoms with Gasteiger partial charge in [-0.3, -0.25) is 0 Å². The Labute approximate surface area is 95.9 Å². The van der Waals surface area contributed by atoms with E-state index < -0.39 is 0 Å². The zero-order valence-electron chi connectivity index (χ0n) is 4.95. The summed E-state index contributed by atoms with van der Waals surface area (Å²) < 4.78 is 14.6. The van der Waals surface area contributed by atoms with E-state index in [1.54, 1.807) is 24.3 Å². The average Bonchev–Trinajstić information content (AvgIpc) is 1.94. The van der Waals surface area contributed by atoms with Gasteiger partial charge in [0.1, 0.15) is 0 Å². The Bertz CT molecular complexity index is 244.